The zero-order chi connectivity index (χ0) is 10.6. The standard InChI is InChI=1S/C9H12O4S/c1-13-7-14(11,12)9-4-2-8(6-10)3-5-9/h2-5,10H,6-7H2,1H3. The van der Waals surface area contributed by atoms with Crippen LogP contribution in [0.15, 0.2) is 29.2 Å². The molecule has 0 amide bonds. The van der Waals surface area contributed by atoms with Gasteiger partial charge in [0, 0.05) is 7.11 Å². The Hall–Kier alpha value is -0.910. The molecule has 1 N–H and O–H groups in total. The van der Waals surface area contributed by atoms with E-state index in [1.54, 1.807) is 12.1 Å². The molecule has 0 aliphatic carbocycles. The number of aliphatic hydroxyl groups excluding tert-OH is 1. The van der Waals surface area contributed by atoms with Crippen LogP contribution in [0.1, 0.15) is 5.56 Å². The Morgan fingerprint density at radius 1 is 1.29 bits per heavy atom. The molecule has 0 bridgehead atoms. The summed E-state index contributed by atoms with van der Waals surface area (Å²) in [4.78, 5) is 0.205. The fraction of sp³-hybridized carbons (Fsp3) is 0.333. The van der Waals surface area contributed by atoms with E-state index in [-0.39, 0.29) is 17.4 Å². The lowest BCUT2D eigenvalue weighted by molar-refractivity contribution is 0.249. The molecule has 0 fully saturated rings. The molecule has 0 saturated carbocycles. The molecule has 0 saturated heterocycles. The molecule has 1 aromatic rings. The summed E-state index contributed by atoms with van der Waals surface area (Å²) in [5.74, 6) is -0.328. The van der Waals surface area contributed by atoms with Gasteiger partial charge in [0.25, 0.3) is 0 Å². The molecule has 0 spiro atoms. The maximum atomic E-state index is 11.4. The van der Waals surface area contributed by atoms with Crippen LogP contribution in [-0.2, 0) is 21.2 Å². The molecule has 0 aliphatic heterocycles. The Kier molecular flexibility index (Phi) is 3.62. The van der Waals surface area contributed by atoms with E-state index in [0.717, 1.165) is 0 Å². The molecule has 4 nitrogen and oxygen atoms in total. The van der Waals surface area contributed by atoms with Crippen molar-refractivity contribution in [3.8, 4) is 0 Å². The summed E-state index contributed by atoms with van der Waals surface area (Å²) < 4.78 is 27.5. The third kappa shape index (κ3) is 2.54. The van der Waals surface area contributed by atoms with E-state index in [2.05, 4.69) is 4.74 Å². The monoisotopic (exact) mass is 216 g/mol. The number of hydrogen-bond acceptors (Lipinski definition) is 4. The summed E-state index contributed by atoms with van der Waals surface area (Å²) in [5.41, 5.74) is 0.682. The van der Waals surface area contributed by atoms with Gasteiger partial charge in [-0.15, -0.1) is 0 Å². The van der Waals surface area contributed by atoms with Gasteiger partial charge in [-0.05, 0) is 17.7 Å². The highest BCUT2D eigenvalue weighted by Crippen LogP contribution is 2.12. The molecular weight excluding hydrogens is 204 g/mol. The van der Waals surface area contributed by atoms with Gasteiger partial charge < -0.3 is 9.84 Å². The van der Waals surface area contributed by atoms with E-state index < -0.39 is 9.84 Å². The molecule has 0 radical (unpaired) electrons. The fourth-order valence-corrected chi connectivity index (χ4v) is 2.02. The van der Waals surface area contributed by atoms with Crippen LogP contribution in [0.4, 0.5) is 0 Å². The molecular formula is C9H12O4S. The Balaban J connectivity index is 2.97. The lowest BCUT2D eigenvalue weighted by atomic mass is 10.2. The highest BCUT2D eigenvalue weighted by molar-refractivity contribution is 7.91. The summed E-state index contributed by atoms with van der Waals surface area (Å²) >= 11 is 0. The first-order chi connectivity index (χ1) is 6.60. The molecule has 14 heavy (non-hydrogen) atoms. The first-order valence-corrected chi connectivity index (χ1v) is 5.67. The van der Waals surface area contributed by atoms with Crippen LogP contribution >= 0.6 is 0 Å². The average Bonchev–Trinajstić information content (AvgIpc) is 2.18. The minimum Gasteiger partial charge on any atom is -0.392 e. The Morgan fingerprint density at radius 3 is 2.29 bits per heavy atom. The predicted octanol–water partition coefficient (Wildman–Crippen LogP) is 0.557. The molecule has 1 rings (SSSR count). The Morgan fingerprint density at radius 2 is 1.86 bits per heavy atom. The molecule has 78 valence electrons. The van der Waals surface area contributed by atoms with Gasteiger partial charge in [0.1, 0.15) is 0 Å². The number of hydrogen-bond donors (Lipinski definition) is 1. The average molecular weight is 216 g/mol. The van der Waals surface area contributed by atoms with Crippen molar-refractivity contribution in [1.82, 2.24) is 0 Å². The lowest BCUT2D eigenvalue weighted by Gasteiger charge is -2.03. The number of ether oxygens (including phenoxy) is 1. The topological polar surface area (TPSA) is 63.6 Å². The van der Waals surface area contributed by atoms with Gasteiger partial charge in [0.2, 0.25) is 9.84 Å². The van der Waals surface area contributed by atoms with Crippen molar-refractivity contribution in [2.45, 2.75) is 11.5 Å². The lowest BCUT2D eigenvalue weighted by Crippen LogP contribution is -2.08. The molecule has 0 aliphatic rings. The summed E-state index contributed by atoms with van der Waals surface area (Å²) in [7, 11) is -2.01. The number of aliphatic hydroxyl groups is 1. The number of rotatable bonds is 4. The predicted molar refractivity (Wildman–Crippen MR) is 51.4 cm³/mol. The van der Waals surface area contributed by atoms with E-state index >= 15 is 0 Å². The first kappa shape index (κ1) is 11.2. The summed E-state index contributed by atoms with van der Waals surface area (Å²) in [6.45, 7) is -0.0927. The van der Waals surface area contributed by atoms with Gasteiger partial charge in [-0.25, -0.2) is 8.42 Å². The van der Waals surface area contributed by atoms with Gasteiger partial charge in [0.15, 0.2) is 5.94 Å². The Bertz CT molecular complexity index is 380. The smallest absolute Gasteiger partial charge is 0.202 e. The fourth-order valence-electron chi connectivity index (χ4n) is 1.03. The largest absolute Gasteiger partial charge is 0.392 e. The van der Waals surface area contributed by atoms with Gasteiger partial charge in [-0.3, -0.25) is 0 Å². The van der Waals surface area contributed by atoms with E-state index in [1.807, 2.05) is 0 Å². The van der Waals surface area contributed by atoms with Gasteiger partial charge in [0.05, 0.1) is 11.5 Å². The van der Waals surface area contributed by atoms with E-state index in [0.29, 0.717) is 5.56 Å². The van der Waals surface area contributed by atoms with Crippen LogP contribution in [0.25, 0.3) is 0 Å². The quantitative estimate of drug-likeness (QED) is 0.798. The van der Waals surface area contributed by atoms with Crippen LogP contribution in [0.2, 0.25) is 0 Å². The number of methoxy groups -OCH3 is 1. The molecule has 0 heterocycles. The third-order valence-electron chi connectivity index (χ3n) is 1.74. The summed E-state index contributed by atoms with van der Waals surface area (Å²) in [5, 5.41) is 8.76. The minimum absolute atomic E-state index is 0.0927. The zero-order valence-electron chi connectivity index (χ0n) is 7.80. The van der Waals surface area contributed by atoms with Crippen LogP contribution in [0.5, 0.6) is 0 Å². The molecule has 0 aromatic heterocycles. The van der Waals surface area contributed by atoms with Gasteiger partial charge in [-0.2, -0.15) is 0 Å². The highest BCUT2D eigenvalue weighted by Gasteiger charge is 2.12. The second-order valence-corrected chi connectivity index (χ2v) is 4.76. The van der Waals surface area contributed by atoms with E-state index in [9.17, 15) is 8.42 Å². The Labute approximate surface area is 83.1 Å². The maximum absolute atomic E-state index is 11.4. The normalized spacial score (nSPS) is 11.6. The van der Waals surface area contributed by atoms with Crippen LogP contribution < -0.4 is 0 Å². The van der Waals surface area contributed by atoms with Crippen molar-refractivity contribution < 1.29 is 18.3 Å². The van der Waals surface area contributed by atoms with Crippen LogP contribution in [0.3, 0.4) is 0 Å². The molecule has 0 atom stereocenters. The van der Waals surface area contributed by atoms with Crippen molar-refractivity contribution in [3.05, 3.63) is 29.8 Å². The van der Waals surface area contributed by atoms with Gasteiger partial charge >= 0.3 is 0 Å². The molecule has 0 unspecified atom stereocenters. The van der Waals surface area contributed by atoms with Crippen molar-refractivity contribution in [3.63, 3.8) is 0 Å². The van der Waals surface area contributed by atoms with E-state index in [4.69, 9.17) is 5.11 Å². The number of sulfone groups is 1. The van der Waals surface area contributed by atoms with Crippen molar-refractivity contribution in [2.75, 3.05) is 13.0 Å². The van der Waals surface area contributed by atoms with Crippen LogP contribution in [-0.4, -0.2) is 26.6 Å². The summed E-state index contributed by atoms with van der Waals surface area (Å²) in [6.07, 6.45) is 0. The van der Waals surface area contributed by atoms with Crippen molar-refractivity contribution >= 4 is 9.84 Å². The van der Waals surface area contributed by atoms with Gasteiger partial charge in [-0.1, -0.05) is 12.1 Å². The SMILES string of the molecule is COCS(=O)(=O)c1ccc(CO)cc1. The highest BCUT2D eigenvalue weighted by atomic mass is 32.2. The summed E-state index contributed by atoms with van der Waals surface area (Å²) in [6, 6.07) is 6.06. The van der Waals surface area contributed by atoms with E-state index in [1.165, 1.54) is 19.2 Å². The second kappa shape index (κ2) is 4.54. The van der Waals surface area contributed by atoms with Crippen molar-refractivity contribution in [1.29, 1.82) is 0 Å². The van der Waals surface area contributed by atoms with Crippen molar-refractivity contribution in [2.24, 2.45) is 0 Å². The molecule has 5 heteroatoms. The third-order valence-corrected chi connectivity index (χ3v) is 3.27. The number of benzene rings is 1. The molecule has 1 aromatic carbocycles. The maximum Gasteiger partial charge on any atom is 0.202 e. The minimum atomic E-state index is -3.34. The zero-order valence-corrected chi connectivity index (χ0v) is 8.62. The van der Waals surface area contributed by atoms with Crippen LogP contribution in [0, 0.1) is 0 Å². The second-order valence-electron chi connectivity index (χ2n) is 2.82. The first-order valence-electron chi connectivity index (χ1n) is 4.01.